The quantitative estimate of drug-likeness (QED) is 0.751. The third-order valence-electron chi connectivity index (χ3n) is 3.45. The van der Waals surface area contributed by atoms with Gasteiger partial charge >= 0.3 is 0 Å². The molecule has 0 saturated heterocycles. The minimum atomic E-state index is -0.0312. The number of ketones is 1. The van der Waals surface area contributed by atoms with Gasteiger partial charge in [-0.25, -0.2) is 0 Å². The summed E-state index contributed by atoms with van der Waals surface area (Å²) in [5, 5.41) is 0. The standard InChI is InChI=1S/C15H20O3/c1-11-4-3-5-12(8-11)15(18-10-17-2)13-6-7-14(16)9-13/h3-5,8,13,15H,6-7,9-10H2,1-2H3. The van der Waals surface area contributed by atoms with Crippen LogP contribution in [0.25, 0.3) is 0 Å². The van der Waals surface area contributed by atoms with Crippen molar-refractivity contribution in [1.29, 1.82) is 0 Å². The van der Waals surface area contributed by atoms with Crippen molar-refractivity contribution in [3.05, 3.63) is 35.4 Å². The van der Waals surface area contributed by atoms with E-state index in [9.17, 15) is 4.79 Å². The first-order chi connectivity index (χ1) is 8.70. The van der Waals surface area contributed by atoms with Crippen LogP contribution in [0.5, 0.6) is 0 Å². The van der Waals surface area contributed by atoms with Crippen LogP contribution in [0, 0.1) is 12.8 Å². The highest BCUT2D eigenvalue weighted by molar-refractivity contribution is 5.80. The molecule has 0 radical (unpaired) electrons. The first-order valence-electron chi connectivity index (χ1n) is 6.39. The summed E-state index contributed by atoms with van der Waals surface area (Å²) in [6.07, 6.45) is 2.20. The Labute approximate surface area is 108 Å². The third kappa shape index (κ3) is 3.18. The molecule has 3 nitrogen and oxygen atoms in total. The number of benzene rings is 1. The van der Waals surface area contributed by atoms with Gasteiger partial charge in [0.2, 0.25) is 0 Å². The van der Waals surface area contributed by atoms with Crippen molar-refractivity contribution in [2.24, 2.45) is 5.92 Å². The molecule has 2 atom stereocenters. The summed E-state index contributed by atoms with van der Waals surface area (Å²) in [5.41, 5.74) is 2.36. The van der Waals surface area contributed by atoms with Gasteiger partial charge in [0.25, 0.3) is 0 Å². The molecule has 0 aromatic heterocycles. The van der Waals surface area contributed by atoms with Crippen LogP contribution in [-0.4, -0.2) is 19.7 Å². The molecule has 1 aliphatic carbocycles. The monoisotopic (exact) mass is 248 g/mol. The van der Waals surface area contributed by atoms with E-state index < -0.39 is 0 Å². The predicted molar refractivity (Wildman–Crippen MR) is 69.2 cm³/mol. The zero-order chi connectivity index (χ0) is 13.0. The number of ether oxygens (including phenoxy) is 2. The molecule has 1 saturated carbocycles. The fraction of sp³-hybridized carbons (Fsp3) is 0.533. The summed E-state index contributed by atoms with van der Waals surface area (Å²) in [6, 6.07) is 8.29. The Morgan fingerprint density at radius 2 is 2.28 bits per heavy atom. The largest absolute Gasteiger partial charge is 0.359 e. The molecule has 1 aliphatic rings. The summed E-state index contributed by atoms with van der Waals surface area (Å²) < 4.78 is 10.8. The Balaban J connectivity index is 2.16. The number of hydrogen-bond donors (Lipinski definition) is 0. The molecule has 98 valence electrons. The minimum absolute atomic E-state index is 0.0312. The average molecular weight is 248 g/mol. The highest BCUT2D eigenvalue weighted by Gasteiger charge is 2.31. The topological polar surface area (TPSA) is 35.5 Å². The van der Waals surface area contributed by atoms with Gasteiger partial charge in [-0.15, -0.1) is 0 Å². The highest BCUT2D eigenvalue weighted by Crippen LogP contribution is 2.36. The van der Waals surface area contributed by atoms with Crippen LogP contribution >= 0.6 is 0 Å². The van der Waals surface area contributed by atoms with E-state index in [1.54, 1.807) is 7.11 Å². The van der Waals surface area contributed by atoms with Gasteiger partial charge in [0.15, 0.2) is 0 Å². The van der Waals surface area contributed by atoms with Crippen molar-refractivity contribution >= 4 is 5.78 Å². The lowest BCUT2D eigenvalue weighted by Crippen LogP contribution is -2.16. The summed E-state index contributed by atoms with van der Waals surface area (Å²) >= 11 is 0. The van der Waals surface area contributed by atoms with Crippen molar-refractivity contribution in [2.45, 2.75) is 32.3 Å². The second-order valence-electron chi connectivity index (χ2n) is 4.95. The predicted octanol–water partition coefficient (Wildman–Crippen LogP) is 3.03. The van der Waals surface area contributed by atoms with Crippen LogP contribution in [0.3, 0.4) is 0 Å². The van der Waals surface area contributed by atoms with Gasteiger partial charge in [0, 0.05) is 20.0 Å². The first-order valence-corrected chi connectivity index (χ1v) is 6.39. The van der Waals surface area contributed by atoms with E-state index in [0.29, 0.717) is 18.6 Å². The van der Waals surface area contributed by atoms with Crippen molar-refractivity contribution < 1.29 is 14.3 Å². The molecule has 0 bridgehead atoms. The number of Topliss-reactive ketones (excluding diaryl/α,β-unsaturated/α-hetero) is 1. The molecular weight excluding hydrogens is 228 g/mol. The second-order valence-corrected chi connectivity index (χ2v) is 4.95. The Morgan fingerprint density at radius 1 is 1.44 bits per heavy atom. The van der Waals surface area contributed by atoms with Gasteiger partial charge in [-0.2, -0.15) is 0 Å². The number of carbonyl (C=O) groups is 1. The highest BCUT2D eigenvalue weighted by atomic mass is 16.7. The van der Waals surface area contributed by atoms with Gasteiger partial charge in [-0.05, 0) is 24.8 Å². The van der Waals surface area contributed by atoms with Crippen molar-refractivity contribution in [3.8, 4) is 0 Å². The van der Waals surface area contributed by atoms with E-state index in [1.165, 1.54) is 5.56 Å². The van der Waals surface area contributed by atoms with Gasteiger partial charge in [-0.3, -0.25) is 4.79 Å². The van der Waals surface area contributed by atoms with Gasteiger partial charge in [-0.1, -0.05) is 29.8 Å². The second kappa shape index (κ2) is 6.12. The Hall–Kier alpha value is -1.19. The molecule has 2 rings (SSSR count). The molecular formula is C15H20O3. The number of methoxy groups -OCH3 is 1. The summed E-state index contributed by atoms with van der Waals surface area (Å²) in [5.74, 6) is 0.633. The van der Waals surface area contributed by atoms with Crippen molar-refractivity contribution in [3.63, 3.8) is 0 Å². The molecule has 1 aromatic carbocycles. The third-order valence-corrected chi connectivity index (χ3v) is 3.45. The van der Waals surface area contributed by atoms with Gasteiger partial charge in [0.1, 0.15) is 12.6 Å². The summed E-state index contributed by atoms with van der Waals surface area (Å²) in [4.78, 5) is 11.4. The Kier molecular flexibility index (Phi) is 4.50. The summed E-state index contributed by atoms with van der Waals surface area (Å²) in [6.45, 7) is 2.33. The maximum absolute atomic E-state index is 11.4. The Bertz CT molecular complexity index is 414. The van der Waals surface area contributed by atoms with Crippen molar-refractivity contribution in [1.82, 2.24) is 0 Å². The SMILES string of the molecule is COCOC(c1cccc(C)c1)C1CCC(=O)C1. The van der Waals surface area contributed by atoms with E-state index in [4.69, 9.17) is 9.47 Å². The lowest BCUT2D eigenvalue weighted by Gasteiger charge is -2.23. The number of aryl methyl sites for hydroxylation is 1. The van der Waals surface area contributed by atoms with E-state index in [1.807, 2.05) is 6.07 Å². The fourth-order valence-electron chi connectivity index (χ4n) is 2.59. The molecule has 0 amide bonds. The first kappa shape index (κ1) is 13.2. The molecule has 0 aliphatic heterocycles. The lowest BCUT2D eigenvalue weighted by atomic mass is 9.93. The van der Waals surface area contributed by atoms with E-state index in [-0.39, 0.29) is 18.8 Å². The molecule has 2 unspecified atom stereocenters. The zero-order valence-corrected chi connectivity index (χ0v) is 11.0. The van der Waals surface area contributed by atoms with E-state index in [0.717, 1.165) is 12.0 Å². The zero-order valence-electron chi connectivity index (χ0n) is 11.0. The average Bonchev–Trinajstić information content (AvgIpc) is 2.76. The maximum atomic E-state index is 11.4. The number of hydrogen-bond acceptors (Lipinski definition) is 3. The van der Waals surface area contributed by atoms with Crippen LogP contribution < -0.4 is 0 Å². The minimum Gasteiger partial charge on any atom is -0.359 e. The van der Waals surface area contributed by atoms with Crippen LogP contribution in [0.15, 0.2) is 24.3 Å². The molecule has 3 heteroatoms. The van der Waals surface area contributed by atoms with Crippen LogP contribution in [0.2, 0.25) is 0 Å². The van der Waals surface area contributed by atoms with Crippen LogP contribution in [0.1, 0.15) is 36.5 Å². The van der Waals surface area contributed by atoms with Crippen LogP contribution in [0.4, 0.5) is 0 Å². The molecule has 0 spiro atoms. The molecule has 0 N–H and O–H groups in total. The number of carbonyl (C=O) groups excluding carboxylic acids is 1. The molecule has 18 heavy (non-hydrogen) atoms. The summed E-state index contributed by atoms with van der Waals surface area (Å²) in [7, 11) is 1.62. The Morgan fingerprint density at radius 3 is 2.89 bits per heavy atom. The van der Waals surface area contributed by atoms with Crippen molar-refractivity contribution in [2.75, 3.05) is 13.9 Å². The maximum Gasteiger partial charge on any atom is 0.147 e. The smallest absolute Gasteiger partial charge is 0.147 e. The normalized spacial score (nSPS) is 21.2. The fourth-order valence-corrected chi connectivity index (χ4v) is 2.59. The van der Waals surface area contributed by atoms with Crippen LogP contribution in [-0.2, 0) is 14.3 Å². The molecule has 0 heterocycles. The van der Waals surface area contributed by atoms with E-state index in [2.05, 4.69) is 25.1 Å². The molecule has 1 aromatic rings. The molecule has 1 fully saturated rings. The van der Waals surface area contributed by atoms with E-state index >= 15 is 0 Å². The van der Waals surface area contributed by atoms with Gasteiger partial charge < -0.3 is 9.47 Å². The lowest BCUT2D eigenvalue weighted by molar-refractivity contribution is -0.119. The number of rotatable bonds is 5. The van der Waals surface area contributed by atoms with Gasteiger partial charge in [0.05, 0.1) is 6.10 Å².